The molecule has 1 aliphatic heterocycles. The lowest BCUT2D eigenvalue weighted by molar-refractivity contribution is -0.154. The predicted molar refractivity (Wildman–Crippen MR) is 143 cm³/mol. The minimum Gasteiger partial charge on any atom is -0.481 e. The van der Waals surface area contributed by atoms with E-state index in [1.54, 1.807) is 12.3 Å². The zero-order chi connectivity index (χ0) is 27.5. The molecule has 208 valence electrons. The van der Waals surface area contributed by atoms with Gasteiger partial charge in [-0.05, 0) is 44.6 Å². The second kappa shape index (κ2) is 19.7. The van der Waals surface area contributed by atoms with Crippen molar-refractivity contribution < 1.29 is 24.2 Å². The SMILES string of the molecule is CC.CCCC(CCC)C(=O)O.CCCC(CCC)C(=O)OCC1CCC(n2ccc(N)nc2=O)O1. The summed E-state index contributed by atoms with van der Waals surface area (Å²) >= 11 is 0. The van der Waals surface area contributed by atoms with Crippen LogP contribution in [0.2, 0.25) is 0 Å². The lowest BCUT2D eigenvalue weighted by atomic mass is 9.99. The van der Waals surface area contributed by atoms with Crippen LogP contribution >= 0.6 is 0 Å². The number of carbonyl (C=O) groups excluding carboxylic acids is 1. The molecule has 36 heavy (non-hydrogen) atoms. The first-order chi connectivity index (χ1) is 17.3. The Morgan fingerprint density at radius 2 is 1.58 bits per heavy atom. The average Bonchev–Trinajstić information content (AvgIpc) is 3.32. The predicted octanol–water partition coefficient (Wildman–Crippen LogP) is 5.58. The molecule has 0 amide bonds. The van der Waals surface area contributed by atoms with Crippen molar-refractivity contribution in [2.75, 3.05) is 12.3 Å². The second-order valence-corrected chi connectivity index (χ2v) is 8.85. The van der Waals surface area contributed by atoms with Gasteiger partial charge in [0.25, 0.3) is 0 Å². The maximum atomic E-state index is 12.2. The van der Waals surface area contributed by atoms with E-state index in [2.05, 4.69) is 18.8 Å². The number of aromatic nitrogens is 2. The number of esters is 1. The maximum absolute atomic E-state index is 12.2. The number of hydrogen-bond acceptors (Lipinski definition) is 7. The average molecular weight is 512 g/mol. The van der Waals surface area contributed by atoms with Crippen molar-refractivity contribution in [3.8, 4) is 0 Å². The number of hydrogen-bond donors (Lipinski definition) is 2. The highest BCUT2D eigenvalue weighted by Crippen LogP contribution is 2.27. The Bertz CT molecular complexity index is 786. The van der Waals surface area contributed by atoms with Gasteiger partial charge < -0.3 is 20.3 Å². The fourth-order valence-electron chi connectivity index (χ4n) is 4.12. The largest absolute Gasteiger partial charge is 0.481 e. The smallest absolute Gasteiger partial charge is 0.351 e. The standard InChI is InChI=1S/C17H27N3O4.C8H16O2.C2H6/c1-3-5-12(6-4-2)16(21)23-11-13-7-8-15(24-13)20-10-9-14(18)19-17(20)22;1-3-5-7(6-4-2)8(9)10;1-2/h9-10,12-13,15H,3-8,11H2,1-2H3,(H2,18,19,22);7H,3-6H2,1-2H3,(H,9,10);1-2H3. The molecular formula is C27H49N3O6. The van der Waals surface area contributed by atoms with Crippen LogP contribution in [-0.2, 0) is 19.1 Å². The number of carboxylic acids is 1. The van der Waals surface area contributed by atoms with E-state index in [-0.39, 0.29) is 42.6 Å². The Balaban J connectivity index is 0.000000861. The molecule has 0 radical (unpaired) electrons. The van der Waals surface area contributed by atoms with E-state index in [1.165, 1.54) is 4.57 Å². The van der Waals surface area contributed by atoms with Crippen molar-refractivity contribution in [2.24, 2.45) is 11.8 Å². The van der Waals surface area contributed by atoms with Crippen molar-refractivity contribution in [2.45, 2.75) is 118 Å². The summed E-state index contributed by atoms with van der Waals surface area (Å²) in [5.41, 5.74) is 5.06. The third kappa shape index (κ3) is 12.5. The van der Waals surface area contributed by atoms with Crippen molar-refractivity contribution in [1.29, 1.82) is 0 Å². The highest BCUT2D eigenvalue weighted by molar-refractivity contribution is 5.72. The van der Waals surface area contributed by atoms with Gasteiger partial charge in [-0.1, -0.05) is 67.2 Å². The van der Waals surface area contributed by atoms with Gasteiger partial charge in [0, 0.05) is 6.20 Å². The summed E-state index contributed by atoms with van der Waals surface area (Å²) in [7, 11) is 0. The van der Waals surface area contributed by atoms with E-state index in [0.29, 0.717) is 6.42 Å². The molecule has 0 bridgehead atoms. The lowest BCUT2D eigenvalue weighted by Gasteiger charge is -2.18. The van der Waals surface area contributed by atoms with Crippen LogP contribution in [-0.4, -0.2) is 39.3 Å². The molecule has 1 aromatic rings. The molecule has 9 nitrogen and oxygen atoms in total. The summed E-state index contributed by atoms with van der Waals surface area (Å²) in [6.45, 7) is 12.4. The number of aliphatic carboxylic acids is 1. The molecule has 1 saturated heterocycles. The molecule has 0 saturated carbocycles. The summed E-state index contributed by atoms with van der Waals surface area (Å²) < 4.78 is 12.7. The van der Waals surface area contributed by atoms with E-state index in [1.807, 2.05) is 27.7 Å². The van der Waals surface area contributed by atoms with Gasteiger partial charge in [-0.15, -0.1) is 0 Å². The van der Waals surface area contributed by atoms with Crippen LogP contribution in [0.4, 0.5) is 5.82 Å². The lowest BCUT2D eigenvalue weighted by Crippen LogP contribution is -2.28. The molecule has 2 heterocycles. The third-order valence-electron chi connectivity index (χ3n) is 5.89. The summed E-state index contributed by atoms with van der Waals surface area (Å²) in [6.07, 6.45) is 9.67. The molecule has 0 aromatic carbocycles. The number of ether oxygens (including phenoxy) is 2. The van der Waals surface area contributed by atoms with Gasteiger partial charge in [-0.25, -0.2) is 4.79 Å². The second-order valence-electron chi connectivity index (χ2n) is 8.85. The van der Waals surface area contributed by atoms with Crippen molar-refractivity contribution >= 4 is 17.8 Å². The first-order valence-electron chi connectivity index (χ1n) is 13.7. The number of anilines is 1. The summed E-state index contributed by atoms with van der Waals surface area (Å²) in [5.74, 6) is -0.713. The normalized spacial score (nSPS) is 16.7. The van der Waals surface area contributed by atoms with E-state index >= 15 is 0 Å². The van der Waals surface area contributed by atoms with Crippen molar-refractivity contribution in [1.82, 2.24) is 9.55 Å². The van der Waals surface area contributed by atoms with Gasteiger partial charge in [0.1, 0.15) is 18.7 Å². The van der Waals surface area contributed by atoms with Gasteiger partial charge in [0.2, 0.25) is 0 Å². The minimum atomic E-state index is -0.635. The molecule has 3 N–H and O–H groups in total. The molecule has 0 spiro atoms. The number of nitrogens with zero attached hydrogens (tertiary/aromatic N) is 2. The van der Waals surface area contributed by atoms with Crippen LogP contribution in [0.1, 0.15) is 112 Å². The molecule has 0 aliphatic carbocycles. The Hall–Kier alpha value is -2.42. The molecule has 1 aromatic heterocycles. The molecule has 2 rings (SSSR count). The molecule has 9 heteroatoms. The molecule has 2 unspecified atom stereocenters. The van der Waals surface area contributed by atoms with Crippen LogP contribution in [0.15, 0.2) is 17.1 Å². The van der Waals surface area contributed by atoms with Gasteiger partial charge in [-0.2, -0.15) is 4.98 Å². The topological polar surface area (TPSA) is 134 Å². The maximum Gasteiger partial charge on any atom is 0.351 e. The number of carboxylic acid groups (broad SMARTS) is 1. The summed E-state index contributed by atoms with van der Waals surface area (Å²) in [5, 5.41) is 8.64. The first-order valence-corrected chi connectivity index (χ1v) is 13.7. The quantitative estimate of drug-likeness (QED) is 0.328. The van der Waals surface area contributed by atoms with Crippen LogP contribution in [0.3, 0.4) is 0 Å². The number of carbonyl (C=O) groups is 2. The van der Waals surface area contributed by atoms with Crippen LogP contribution < -0.4 is 11.4 Å². The van der Waals surface area contributed by atoms with Crippen LogP contribution in [0.5, 0.6) is 0 Å². The fraction of sp³-hybridized carbons (Fsp3) is 0.778. The van der Waals surface area contributed by atoms with E-state index < -0.39 is 11.7 Å². The van der Waals surface area contributed by atoms with Gasteiger partial charge in [-0.3, -0.25) is 14.2 Å². The highest BCUT2D eigenvalue weighted by Gasteiger charge is 2.29. The number of nitrogens with two attached hydrogens (primary N) is 1. The van der Waals surface area contributed by atoms with Crippen LogP contribution in [0, 0.1) is 11.8 Å². The number of nitrogen functional groups attached to an aromatic ring is 1. The van der Waals surface area contributed by atoms with Gasteiger partial charge in [0.05, 0.1) is 17.9 Å². The molecule has 1 fully saturated rings. The Kier molecular flexibility index (Phi) is 18.4. The number of rotatable bonds is 13. The van der Waals surface area contributed by atoms with E-state index in [0.717, 1.165) is 57.8 Å². The van der Waals surface area contributed by atoms with Crippen molar-refractivity contribution in [3.05, 3.63) is 22.7 Å². The summed E-state index contributed by atoms with van der Waals surface area (Å²) in [4.78, 5) is 38.2. The van der Waals surface area contributed by atoms with E-state index in [4.69, 9.17) is 20.3 Å². The zero-order valence-electron chi connectivity index (χ0n) is 23.2. The van der Waals surface area contributed by atoms with Crippen LogP contribution in [0.25, 0.3) is 0 Å². The first kappa shape index (κ1) is 33.6. The van der Waals surface area contributed by atoms with Crippen molar-refractivity contribution in [3.63, 3.8) is 0 Å². The fourth-order valence-corrected chi connectivity index (χ4v) is 4.12. The van der Waals surface area contributed by atoms with Gasteiger partial charge >= 0.3 is 17.6 Å². The zero-order valence-corrected chi connectivity index (χ0v) is 23.2. The van der Waals surface area contributed by atoms with Gasteiger partial charge in [0.15, 0.2) is 0 Å². The summed E-state index contributed by atoms with van der Waals surface area (Å²) in [6, 6.07) is 1.57. The molecular weight excluding hydrogens is 462 g/mol. The Morgan fingerprint density at radius 1 is 1.06 bits per heavy atom. The minimum absolute atomic E-state index is 0.0267. The Labute approximate surface area is 216 Å². The molecule has 1 aliphatic rings. The Morgan fingerprint density at radius 3 is 2.06 bits per heavy atom. The van der Waals surface area contributed by atoms with E-state index in [9.17, 15) is 14.4 Å². The monoisotopic (exact) mass is 511 g/mol. The third-order valence-corrected chi connectivity index (χ3v) is 5.89. The highest BCUT2D eigenvalue weighted by atomic mass is 16.6. The molecule has 2 atom stereocenters.